The Morgan fingerprint density at radius 2 is 1.70 bits per heavy atom. The van der Waals surface area contributed by atoms with Gasteiger partial charge in [-0.3, -0.25) is 14.9 Å². The fraction of sp³-hybridized carbons (Fsp3) is 0.200. The predicted octanol–water partition coefficient (Wildman–Crippen LogP) is 4.10. The number of hydrogen-bond donors (Lipinski definition) is 2. The van der Waals surface area contributed by atoms with E-state index in [1.807, 2.05) is 18.2 Å². The molecule has 138 valence electrons. The molecule has 0 aliphatic rings. The Bertz CT molecular complexity index is 923. The first-order chi connectivity index (χ1) is 13.0. The summed E-state index contributed by atoms with van der Waals surface area (Å²) in [5.74, 6) is -0.0921. The largest absolute Gasteiger partial charge is 0.326 e. The van der Waals surface area contributed by atoms with E-state index >= 15 is 0 Å². The number of carbonyl (C=O) groups is 2. The lowest BCUT2D eigenvalue weighted by atomic mass is 9.98. The second kappa shape index (κ2) is 8.55. The highest BCUT2D eigenvalue weighted by atomic mass is 32.1. The van der Waals surface area contributed by atoms with Gasteiger partial charge >= 0.3 is 0 Å². The van der Waals surface area contributed by atoms with Gasteiger partial charge in [-0.2, -0.15) is 0 Å². The van der Waals surface area contributed by atoms with Gasteiger partial charge in [-0.15, -0.1) is 10.2 Å². The zero-order valence-corrected chi connectivity index (χ0v) is 15.9. The lowest BCUT2D eigenvalue weighted by Crippen LogP contribution is -2.12. The number of rotatable bonds is 6. The number of hydrogen-bond acceptors (Lipinski definition) is 5. The van der Waals surface area contributed by atoms with Gasteiger partial charge in [0, 0.05) is 24.6 Å². The Balaban J connectivity index is 1.60. The summed E-state index contributed by atoms with van der Waals surface area (Å²) in [7, 11) is 0. The molecule has 0 aliphatic carbocycles. The number of nitrogens with one attached hydrogen (secondary N) is 2. The minimum Gasteiger partial charge on any atom is -0.326 e. The topological polar surface area (TPSA) is 84.0 Å². The van der Waals surface area contributed by atoms with Gasteiger partial charge in [0.25, 0.3) is 5.91 Å². The molecule has 3 rings (SSSR count). The standard InChI is InChI=1S/C20H20N4O2S/c1-13(15-6-4-3-5-7-15)12-18-23-24-20(27-18)22-19(26)16-8-10-17(11-9-16)21-14(2)25/h3-11,13H,12H2,1-2H3,(H,21,25)(H,22,24,26)/t13-/m1/s1. The molecular formula is C20H20N4O2S. The van der Waals surface area contributed by atoms with Crippen LogP contribution >= 0.6 is 11.3 Å². The highest BCUT2D eigenvalue weighted by molar-refractivity contribution is 7.15. The number of amides is 2. The SMILES string of the molecule is CC(=O)Nc1ccc(C(=O)Nc2nnc(C[C@@H](C)c3ccccc3)s2)cc1. The minimum absolute atomic E-state index is 0.154. The highest BCUT2D eigenvalue weighted by Gasteiger charge is 2.13. The van der Waals surface area contributed by atoms with E-state index in [0.717, 1.165) is 11.4 Å². The molecule has 0 radical (unpaired) electrons. The molecule has 0 bridgehead atoms. The molecule has 0 unspecified atom stereocenters. The normalized spacial score (nSPS) is 11.6. The van der Waals surface area contributed by atoms with E-state index in [2.05, 4.69) is 39.9 Å². The molecule has 2 N–H and O–H groups in total. The summed E-state index contributed by atoms with van der Waals surface area (Å²) >= 11 is 1.38. The monoisotopic (exact) mass is 380 g/mol. The van der Waals surface area contributed by atoms with Gasteiger partial charge in [0.2, 0.25) is 11.0 Å². The predicted molar refractivity (Wildman–Crippen MR) is 107 cm³/mol. The molecule has 2 amide bonds. The number of nitrogens with zero attached hydrogens (tertiary/aromatic N) is 2. The van der Waals surface area contributed by atoms with Crippen molar-refractivity contribution in [3.8, 4) is 0 Å². The molecule has 27 heavy (non-hydrogen) atoms. The molecule has 0 saturated heterocycles. The summed E-state index contributed by atoms with van der Waals surface area (Å²) < 4.78 is 0. The summed E-state index contributed by atoms with van der Waals surface area (Å²) in [6.07, 6.45) is 0.767. The Kier molecular flexibility index (Phi) is 5.93. The molecule has 2 aromatic carbocycles. The molecule has 1 atom stereocenters. The lowest BCUT2D eigenvalue weighted by molar-refractivity contribution is -0.114. The first kappa shape index (κ1) is 18.7. The van der Waals surface area contributed by atoms with Crippen LogP contribution in [0.2, 0.25) is 0 Å². The first-order valence-corrected chi connectivity index (χ1v) is 9.39. The van der Waals surface area contributed by atoms with Crippen LogP contribution in [0.25, 0.3) is 0 Å². The number of carbonyl (C=O) groups excluding carboxylic acids is 2. The van der Waals surface area contributed by atoms with Crippen LogP contribution in [-0.2, 0) is 11.2 Å². The van der Waals surface area contributed by atoms with E-state index in [-0.39, 0.29) is 11.8 Å². The van der Waals surface area contributed by atoms with Crippen molar-refractivity contribution in [3.05, 3.63) is 70.7 Å². The fourth-order valence-electron chi connectivity index (χ4n) is 2.63. The molecule has 0 aliphatic heterocycles. The van der Waals surface area contributed by atoms with Gasteiger partial charge in [-0.1, -0.05) is 48.6 Å². The smallest absolute Gasteiger partial charge is 0.257 e. The van der Waals surface area contributed by atoms with Crippen LogP contribution in [-0.4, -0.2) is 22.0 Å². The van der Waals surface area contributed by atoms with Crippen molar-refractivity contribution in [2.24, 2.45) is 0 Å². The van der Waals surface area contributed by atoms with Crippen LogP contribution in [0.15, 0.2) is 54.6 Å². The third-order valence-electron chi connectivity index (χ3n) is 4.00. The number of anilines is 2. The summed E-state index contributed by atoms with van der Waals surface area (Å²) in [5, 5.41) is 15.0. The highest BCUT2D eigenvalue weighted by Crippen LogP contribution is 2.24. The zero-order chi connectivity index (χ0) is 19.2. The molecule has 1 aromatic heterocycles. The van der Waals surface area contributed by atoms with Crippen LogP contribution in [0.3, 0.4) is 0 Å². The third-order valence-corrected chi connectivity index (χ3v) is 4.87. The summed E-state index contributed by atoms with van der Waals surface area (Å²) in [5.41, 5.74) is 2.38. The summed E-state index contributed by atoms with van der Waals surface area (Å²) in [6.45, 7) is 3.58. The maximum atomic E-state index is 12.3. The average Bonchev–Trinajstić information content (AvgIpc) is 3.09. The van der Waals surface area contributed by atoms with E-state index in [0.29, 0.717) is 22.3 Å². The van der Waals surface area contributed by atoms with Gasteiger partial charge in [-0.25, -0.2) is 0 Å². The Labute approximate surface area is 161 Å². The van der Waals surface area contributed by atoms with Gasteiger partial charge in [-0.05, 0) is 35.7 Å². The molecule has 6 nitrogen and oxygen atoms in total. The van der Waals surface area contributed by atoms with Crippen LogP contribution in [0.5, 0.6) is 0 Å². The third kappa shape index (κ3) is 5.21. The Morgan fingerprint density at radius 3 is 2.37 bits per heavy atom. The Hall–Kier alpha value is -3.06. The molecule has 0 spiro atoms. The molecule has 7 heteroatoms. The zero-order valence-electron chi connectivity index (χ0n) is 15.1. The quantitative estimate of drug-likeness (QED) is 0.674. The molecule has 0 fully saturated rings. The van der Waals surface area contributed by atoms with Crippen LogP contribution in [0, 0.1) is 0 Å². The number of aromatic nitrogens is 2. The van der Waals surface area contributed by atoms with Crippen LogP contribution < -0.4 is 10.6 Å². The van der Waals surface area contributed by atoms with Crippen molar-refractivity contribution in [2.75, 3.05) is 10.6 Å². The van der Waals surface area contributed by atoms with Gasteiger partial charge in [0.1, 0.15) is 5.01 Å². The molecule has 0 saturated carbocycles. The minimum atomic E-state index is -0.261. The second-order valence-corrected chi connectivity index (χ2v) is 7.29. The van der Waals surface area contributed by atoms with E-state index in [4.69, 9.17) is 0 Å². The van der Waals surface area contributed by atoms with Crippen molar-refractivity contribution in [1.82, 2.24) is 10.2 Å². The van der Waals surface area contributed by atoms with Gasteiger partial charge in [0.05, 0.1) is 0 Å². The second-order valence-electron chi connectivity index (χ2n) is 6.23. The van der Waals surface area contributed by atoms with Crippen molar-refractivity contribution < 1.29 is 9.59 Å². The first-order valence-electron chi connectivity index (χ1n) is 8.57. The van der Waals surface area contributed by atoms with Crippen molar-refractivity contribution in [1.29, 1.82) is 0 Å². The van der Waals surface area contributed by atoms with E-state index < -0.39 is 0 Å². The fourth-order valence-corrected chi connectivity index (χ4v) is 3.49. The van der Waals surface area contributed by atoms with Crippen LogP contribution in [0.4, 0.5) is 10.8 Å². The summed E-state index contributed by atoms with van der Waals surface area (Å²) in [6, 6.07) is 16.9. The van der Waals surface area contributed by atoms with Crippen molar-refractivity contribution in [3.63, 3.8) is 0 Å². The summed E-state index contributed by atoms with van der Waals surface area (Å²) in [4.78, 5) is 23.4. The molecule has 1 heterocycles. The number of benzene rings is 2. The van der Waals surface area contributed by atoms with E-state index in [9.17, 15) is 9.59 Å². The van der Waals surface area contributed by atoms with Crippen molar-refractivity contribution in [2.45, 2.75) is 26.2 Å². The Morgan fingerprint density at radius 1 is 1.00 bits per heavy atom. The average molecular weight is 380 g/mol. The van der Waals surface area contributed by atoms with Gasteiger partial charge in [0.15, 0.2) is 0 Å². The molecule has 3 aromatic rings. The van der Waals surface area contributed by atoms with Crippen LogP contribution in [0.1, 0.15) is 40.7 Å². The van der Waals surface area contributed by atoms with E-state index in [1.54, 1.807) is 24.3 Å². The van der Waals surface area contributed by atoms with Crippen molar-refractivity contribution >= 4 is 34.0 Å². The maximum absolute atomic E-state index is 12.3. The molecular weight excluding hydrogens is 360 g/mol. The van der Waals surface area contributed by atoms with Gasteiger partial charge < -0.3 is 5.32 Å². The lowest BCUT2D eigenvalue weighted by Gasteiger charge is -2.08. The van der Waals surface area contributed by atoms with E-state index in [1.165, 1.54) is 23.8 Å². The maximum Gasteiger partial charge on any atom is 0.257 e.